The number of thiocarbonyl (C=S) groups is 1. The number of aryl methyl sites for hydroxylation is 1. The Morgan fingerprint density at radius 2 is 1.35 bits per heavy atom. The smallest absolute Gasteiger partial charge is 0.194 e. The molecule has 1 aliphatic rings. The molecule has 23 heavy (non-hydrogen) atoms. The van der Waals surface area contributed by atoms with Crippen molar-refractivity contribution >= 4 is 22.9 Å². The maximum Gasteiger partial charge on any atom is 0.194 e. The minimum atomic E-state index is 0.0690. The molecular formula is C21H14OS. The van der Waals surface area contributed by atoms with Gasteiger partial charge in [0.1, 0.15) is 0 Å². The first-order chi connectivity index (χ1) is 11.2. The van der Waals surface area contributed by atoms with Crippen LogP contribution in [0.2, 0.25) is 0 Å². The Hall–Kier alpha value is -2.58. The molecule has 0 aromatic heterocycles. The van der Waals surface area contributed by atoms with Crippen LogP contribution in [0.4, 0.5) is 0 Å². The van der Waals surface area contributed by atoms with Crippen molar-refractivity contribution in [3.05, 3.63) is 94.5 Å². The molecule has 110 valence electrons. The van der Waals surface area contributed by atoms with Crippen LogP contribution in [-0.2, 0) is 0 Å². The molecule has 3 aromatic rings. The zero-order valence-corrected chi connectivity index (χ0v) is 13.5. The number of hydrogen-bond donors (Lipinski definition) is 0. The average Bonchev–Trinajstić information content (AvgIpc) is 2.60. The zero-order chi connectivity index (χ0) is 16.0. The molecule has 0 atom stereocenters. The summed E-state index contributed by atoms with van der Waals surface area (Å²) < 4.78 is 0. The molecule has 4 rings (SSSR count). The molecule has 0 unspecified atom stereocenters. The van der Waals surface area contributed by atoms with Gasteiger partial charge in [0.05, 0.1) is 4.86 Å². The molecule has 0 amide bonds. The van der Waals surface area contributed by atoms with Crippen LogP contribution < -0.4 is 0 Å². The predicted octanol–water partition coefficient (Wildman–Crippen LogP) is 4.97. The van der Waals surface area contributed by atoms with Crippen molar-refractivity contribution in [1.29, 1.82) is 0 Å². The molecule has 0 saturated carbocycles. The molecule has 1 nitrogen and oxygen atoms in total. The quantitative estimate of drug-likeness (QED) is 0.461. The van der Waals surface area contributed by atoms with E-state index < -0.39 is 0 Å². The topological polar surface area (TPSA) is 17.1 Å². The Morgan fingerprint density at radius 1 is 0.696 bits per heavy atom. The van der Waals surface area contributed by atoms with Crippen molar-refractivity contribution in [2.45, 2.75) is 6.92 Å². The Morgan fingerprint density at radius 3 is 2.09 bits per heavy atom. The largest absolute Gasteiger partial charge is 0.289 e. The van der Waals surface area contributed by atoms with E-state index in [0.29, 0.717) is 5.56 Å². The van der Waals surface area contributed by atoms with Crippen LogP contribution in [0, 0.1) is 6.92 Å². The lowest BCUT2D eigenvalue weighted by molar-refractivity contribution is 0.103. The van der Waals surface area contributed by atoms with Gasteiger partial charge in [0, 0.05) is 22.3 Å². The fraction of sp³-hybridized carbons (Fsp3) is 0.0476. The Kier molecular flexibility index (Phi) is 3.21. The predicted molar refractivity (Wildman–Crippen MR) is 97.3 cm³/mol. The second-order valence-corrected chi connectivity index (χ2v) is 6.16. The summed E-state index contributed by atoms with van der Waals surface area (Å²) in [6.07, 6.45) is 0. The van der Waals surface area contributed by atoms with E-state index in [9.17, 15) is 4.79 Å². The summed E-state index contributed by atoms with van der Waals surface area (Å²) in [5, 5.41) is 0. The van der Waals surface area contributed by atoms with Crippen molar-refractivity contribution in [3.63, 3.8) is 0 Å². The van der Waals surface area contributed by atoms with E-state index in [1.807, 2.05) is 55.5 Å². The van der Waals surface area contributed by atoms with Crippen LogP contribution in [0.15, 0.2) is 66.7 Å². The van der Waals surface area contributed by atoms with Crippen LogP contribution in [-0.4, -0.2) is 10.6 Å². The van der Waals surface area contributed by atoms with E-state index >= 15 is 0 Å². The SMILES string of the molecule is Cc1ccc(-c2ccccc2)c2c1C(=O)c1ccccc1C2=S. The molecule has 0 spiro atoms. The lowest BCUT2D eigenvalue weighted by Crippen LogP contribution is -2.22. The molecule has 0 saturated heterocycles. The second-order valence-electron chi connectivity index (χ2n) is 5.75. The van der Waals surface area contributed by atoms with E-state index in [1.54, 1.807) is 0 Å². The van der Waals surface area contributed by atoms with Crippen molar-refractivity contribution in [1.82, 2.24) is 0 Å². The van der Waals surface area contributed by atoms with Crippen molar-refractivity contribution < 1.29 is 4.79 Å². The Balaban J connectivity index is 2.06. The number of fused-ring (bicyclic) bond motifs is 2. The minimum Gasteiger partial charge on any atom is -0.289 e. The maximum atomic E-state index is 13.0. The van der Waals surface area contributed by atoms with Crippen molar-refractivity contribution in [3.8, 4) is 11.1 Å². The number of rotatable bonds is 1. The Labute approximate surface area is 140 Å². The lowest BCUT2D eigenvalue weighted by Gasteiger charge is -2.24. The highest BCUT2D eigenvalue weighted by Crippen LogP contribution is 2.36. The molecule has 1 aliphatic carbocycles. The summed E-state index contributed by atoms with van der Waals surface area (Å²) in [5.41, 5.74) is 6.30. The van der Waals surface area contributed by atoms with Gasteiger partial charge in [0.25, 0.3) is 0 Å². The van der Waals surface area contributed by atoms with Crippen LogP contribution in [0.1, 0.15) is 32.6 Å². The summed E-state index contributed by atoms with van der Waals surface area (Å²) >= 11 is 5.76. The average molecular weight is 314 g/mol. The van der Waals surface area contributed by atoms with Gasteiger partial charge in [-0.1, -0.05) is 78.9 Å². The van der Waals surface area contributed by atoms with Crippen molar-refractivity contribution in [2.75, 3.05) is 0 Å². The Bertz CT molecular complexity index is 955. The standard InChI is InChI=1S/C21H14OS/c1-13-11-12-15(14-7-3-2-4-8-14)19-18(13)20(22)16-9-5-6-10-17(16)21(19)23/h2-12H,1H3. The van der Waals surface area contributed by atoms with Gasteiger partial charge in [-0.2, -0.15) is 0 Å². The minimum absolute atomic E-state index is 0.0690. The summed E-state index contributed by atoms with van der Waals surface area (Å²) in [6, 6.07) is 21.8. The third-order valence-electron chi connectivity index (χ3n) is 4.37. The number of carbonyl (C=O) groups excluding carboxylic acids is 1. The van der Waals surface area contributed by atoms with E-state index in [2.05, 4.69) is 18.2 Å². The van der Waals surface area contributed by atoms with Gasteiger partial charge < -0.3 is 0 Å². The van der Waals surface area contributed by atoms with E-state index in [4.69, 9.17) is 12.2 Å². The number of hydrogen-bond acceptors (Lipinski definition) is 2. The fourth-order valence-electron chi connectivity index (χ4n) is 3.24. The van der Waals surface area contributed by atoms with Crippen LogP contribution >= 0.6 is 12.2 Å². The zero-order valence-electron chi connectivity index (χ0n) is 12.7. The van der Waals surface area contributed by atoms with E-state index in [1.165, 1.54) is 0 Å². The highest BCUT2D eigenvalue weighted by Gasteiger charge is 2.30. The number of ketones is 1. The van der Waals surface area contributed by atoms with Crippen LogP contribution in [0.25, 0.3) is 11.1 Å². The normalized spacial score (nSPS) is 12.7. The van der Waals surface area contributed by atoms with Gasteiger partial charge >= 0.3 is 0 Å². The summed E-state index contributed by atoms with van der Waals surface area (Å²) in [6.45, 7) is 1.97. The van der Waals surface area contributed by atoms with Gasteiger partial charge in [-0.25, -0.2) is 0 Å². The van der Waals surface area contributed by atoms with E-state index in [0.717, 1.165) is 38.2 Å². The van der Waals surface area contributed by atoms with Gasteiger partial charge in [0.15, 0.2) is 5.78 Å². The number of carbonyl (C=O) groups is 1. The second kappa shape index (κ2) is 5.25. The molecular weight excluding hydrogens is 300 g/mol. The van der Waals surface area contributed by atoms with Gasteiger partial charge in [-0.05, 0) is 23.6 Å². The third kappa shape index (κ3) is 2.07. The highest BCUT2D eigenvalue weighted by molar-refractivity contribution is 7.81. The van der Waals surface area contributed by atoms with Gasteiger partial charge in [0.2, 0.25) is 0 Å². The summed E-state index contributed by atoms with van der Waals surface area (Å²) in [4.78, 5) is 13.8. The first kappa shape index (κ1) is 14.0. The fourth-order valence-corrected chi connectivity index (χ4v) is 3.63. The van der Waals surface area contributed by atoms with Crippen LogP contribution in [0.5, 0.6) is 0 Å². The molecule has 3 aromatic carbocycles. The molecule has 2 heteroatoms. The molecule has 0 radical (unpaired) electrons. The van der Waals surface area contributed by atoms with Gasteiger partial charge in [-0.15, -0.1) is 0 Å². The molecule has 0 fully saturated rings. The number of benzene rings is 3. The highest BCUT2D eigenvalue weighted by atomic mass is 32.1. The molecule has 0 bridgehead atoms. The van der Waals surface area contributed by atoms with Crippen molar-refractivity contribution in [2.24, 2.45) is 0 Å². The monoisotopic (exact) mass is 314 g/mol. The molecule has 0 aliphatic heterocycles. The van der Waals surface area contributed by atoms with Gasteiger partial charge in [-0.3, -0.25) is 4.79 Å². The summed E-state index contributed by atoms with van der Waals surface area (Å²) in [7, 11) is 0. The summed E-state index contributed by atoms with van der Waals surface area (Å²) in [5.74, 6) is 0.0690. The maximum absolute atomic E-state index is 13.0. The molecule has 0 heterocycles. The third-order valence-corrected chi connectivity index (χ3v) is 4.79. The first-order valence-corrected chi connectivity index (χ1v) is 7.97. The van der Waals surface area contributed by atoms with Crippen LogP contribution in [0.3, 0.4) is 0 Å². The first-order valence-electron chi connectivity index (χ1n) is 7.56. The molecule has 0 N–H and O–H groups in total. The van der Waals surface area contributed by atoms with E-state index in [-0.39, 0.29) is 5.78 Å². The lowest BCUT2D eigenvalue weighted by atomic mass is 9.79.